The van der Waals surface area contributed by atoms with E-state index in [2.05, 4.69) is 0 Å². The van der Waals surface area contributed by atoms with Crippen LogP contribution in [0.15, 0.2) is 0 Å². The van der Waals surface area contributed by atoms with Crippen LogP contribution in [0.25, 0.3) is 0 Å². The Labute approximate surface area is 82.8 Å². The Morgan fingerprint density at radius 3 is 2.43 bits per heavy atom. The van der Waals surface area contributed by atoms with Gasteiger partial charge in [0, 0.05) is 17.8 Å². The van der Waals surface area contributed by atoms with Gasteiger partial charge in [0.15, 0.2) is 0 Å². The van der Waals surface area contributed by atoms with Crippen LogP contribution in [0.2, 0.25) is 0 Å². The largest absolute Gasteiger partial charge is 0.373 e. The summed E-state index contributed by atoms with van der Waals surface area (Å²) in [4.78, 5) is 22.6. The number of carbonyl (C=O) groups is 2. The molecule has 0 bridgehead atoms. The lowest BCUT2D eigenvalue weighted by atomic mass is 9.98. The molecule has 0 spiro atoms. The molecule has 1 saturated heterocycles. The number of ether oxygens (including phenoxy) is 1. The fourth-order valence-electron chi connectivity index (χ4n) is 3.35. The van der Waals surface area contributed by atoms with Crippen molar-refractivity contribution in [3.05, 3.63) is 0 Å². The molecule has 3 rings (SSSR count). The van der Waals surface area contributed by atoms with Crippen molar-refractivity contribution >= 4 is 11.6 Å². The van der Waals surface area contributed by atoms with Crippen molar-refractivity contribution in [3.63, 3.8) is 0 Å². The topological polar surface area (TPSA) is 43.4 Å². The molecule has 3 nitrogen and oxygen atoms in total. The van der Waals surface area contributed by atoms with Gasteiger partial charge in [-0.1, -0.05) is 0 Å². The third-order valence-corrected chi connectivity index (χ3v) is 4.45. The monoisotopic (exact) mass is 194 g/mol. The van der Waals surface area contributed by atoms with Gasteiger partial charge in [0.25, 0.3) is 0 Å². The van der Waals surface area contributed by atoms with Gasteiger partial charge >= 0.3 is 0 Å². The maximum Gasteiger partial charge on any atom is 0.138 e. The molecule has 3 fully saturated rings. The maximum absolute atomic E-state index is 11.4. The Morgan fingerprint density at radius 1 is 1.29 bits per heavy atom. The van der Waals surface area contributed by atoms with Crippen LogP contribution in [0.4, 0.5) is 0 Å². The van der Waals surface area contributed by atoms with Crippen molar-refractivity contribution in [3.8, 4) is 0 Å². The maximum atomic E-state index is 11.4. The minimum atomic E-state index is -0.272. The molecule has 0 aromatic heterocycles. The molecule has 0 amide bonds. The predicted octanol–water partition coefficient (Wildman–Crippen LogP) is 0.814. The third-order valence-electron chi connectivity index (χ3n) is 4.45. The minimum Gasteiger partial charge on any atom is -0.373 e. The number of ketones is 2. The van der Waals surface area contributed by atoms with E-state index < -0.39 is 0 Å². The normalized spacial score (nSPS) is 57.5. The average molecular weight is 194 g/mol. The van der Waals surface area contributed by atoms with Gasteiger partial charge in [0.1, 0.15) is 11.6 Å². The molecule has 2 aliphatic carbocycles. The van der Waals surface area contributed by atoms with E-state index >= 15 is 0 Å². The van der Waals surface area contributed by atoms with Crippen LogP contribution in [0, 0.1) is 23.2 Å². The molecule has 76 valence electrons. The highest BCUT2D eigenvalue weighted by atomic mass is 16.5. The van der Waals surface area contributed by atoms with Gasteiger partial charge in [0.2, 0.25) is 0 Å². The van der Waals surface area contributed by atoms with Gasteiger partial charge in [-0.15, -0.1) is 0 Å². The molecular formula is C11H14O3. The van der Waals surface area contributed by atoms with Crippen molar-refractivity contribution in [2.24, 2.45) is 23.2 Å². The summed E-state index contributed by atoms with van der Waals surface area (Å²) in [6.07, 6.45) is 0.264. The summed E-state index contributed by atoms with van der Waals surface area (Å²) in [6, 6.07) is 0. The van der Waals surface area contributed by atoms with Crippen LogP contribution >= 0.6 is 0 Å². The second-order valence-electron chi connectivity index (χ2n) is 5.10. The summed E-state index contributed by atoms with van der Waals surface area (Å²) < 4.78 is 5.72. The molecular weight excluding hydrogens is 180 g/mol. The fraction of sp³-hybridized carbons (Fsp3) is 0.818. The number of hydrogen-bond acceptors (Lipinski definition) is 3. The minimum absolute atomic E-state index is 0.0948. The van der Waals surface area contributed by atoms with Crippen LogP contribution in [0.5, 0.6) is 0 Å². The summed E-state index contributed by atoms with van der Waals surface area (Å²) >= 11 is 0. The average Bonchev–Trinajstić information content (AvgIpc) is 2.88. The Balaban J connectivity index is 1.81. The first kappa shape index (κ1) is 8.60. The lowest BCUT2D eigenvalue weighted by Crippen LogP contribution is -2.18. The standard InChI is InChI=1S/C11H14O3/c1-4(12)6-7-8-10(14-9(6)7)11(8,3)5(2)13/h6-10H,1-3H3/t6-,7+,8+,9+,10-,11-/m0/s1. The molecule has 3 heteroatoms. The van der Waals surface area contributed by atoms with Gasteiger partial charge in [-0.25, -0.2) is 0 Å². The lowest BCUT2D eigenvalue weighted by molar-refractivity contribution is -0.124. The Hall–Kier alpha value is -0.700. The van der Waals surface area contributed by atoms with E-state index in [0.29, 0.717) is 11.8 Å². The molecule has 0 N–H and O–H groups in total. The smallest absolute Gasteiger partial charge is 0.138 e. The van der Waals surface area contributed by atoms with Crippen molar-refractivity contribution in [2.75, 3.05) is 0 Å². The summed E-state index contributed by atoms with van der Waals surface area (Å²) in [7, 11) is 0. The molecule has 0 radical (unpaired) electrons. The molecule has 0 aromatic rings. The second-order valence-corrected chi connectivity index (χ2v) is 5.10. The first-order valence-corrected chi connectivity index (χ1v) is 5.16. The summed E-state index contributed by atoms with van der Waals surface area (Å²) in [6.45, 7) is 5.22. The third kappa shape index (κ3) is 0.703. The van der Waals surface area contributed by atoms with Crippen LogP contribution in [-0.4, -0.2) is 23.8 Å². The SMILES string of the molecule is CC(=O)[C@@H]1[C@H]2O[C@H]3[C@@H]([C@H]21)[C@]3(C)C(C)=O. The number of rotatable bonds is 2. The van der Waals surface area contributed by atoms with Gasteiger partial charge in [0.05, 0.1) is 17.6 Å². The van der Waals surface area contributed by atoms with Crippen LogP contribution < -0.4 is 0 Å². The van der Waals surface area contributed by atoms with Crippen molar-refractivity contribution in [1.82, 2.24) is 0 Å². The van der Waals surface area contributed by atoms with E-state index in [1.165, 1.54) is 0 Å². The number of hydrogen-bond donors (Lipinski definition) is 0. The second kappa shape index (κ2) is 2.11. The van der Waals surface area contributed by atoms with E-state index in [-0.39, 0.29) is 35.1 Å². The molecule has 0 unspecified atom stereocenters. The lowest BCUT2D eigenvalue weighted by Gasteiger charge is -2.08. The molecule has 1 aliphatic heterocycles. The number of fused-ring (bicyclic) bond motifs is 3. The first-order valence-electron chi connectivity index (χ1n) is 5.16. The van der Waals surface area contributed by atoms with Gasteiger partial charge < -0.3 is 4.74 Å². The van der Waals surface area contributed by atoms with E-state index in [0.717, 1.165) is 0 Å². The molecule has 2 saturated carbocycles. The van der Waals surface area contributed by atoms with Crippen molar-refractivity contribution < 1.29 is 14.3 Å². The molecule has 1 heterocycles. The number of carbonyl (C=O) groups excluding carboxylic acids is 2. The summed E-state index contributed by atoms with van der Waals surface area (Å²) in [5.41, 5.74) is -0.272. The zero-order valence-corrected chi connectivity index (χ0v) is 8.61. The van der Waals surface area contributed by atoms with E-state index in [1.807, 2.05) is 6.92 Å². The van der Waals surface area contributed by atoms with Gasteiger partial charge in [-0.2, -0.15) is 0 Å². The number of Topliss-reactive ketones (excluding diaryl/α,β-unsaturated/α-hetero) is 2. The quantitative estimate of drug-likeness (QED) is 0.653. The van der Waals surface area contributed by atoms with E-state index in [9.17, 15) is 9.59 Å². The van der Waals surface area contributed by atoms with E-state index in [1.54, 1.807) is 13.8 Å². The van der Waals surface area contributed by atoms with Crippen LogP contribution in [-0.2, 0) is 14.3 Å². The predicted molar refractivity (Wildman–Crippen MR) is 48.6 cm³/mol. The zero-order chi connectivity index (χ0) is 10.2. The molecule has 3 aliphatic rings. The zero-order valence-electron chi connectivity index (χ0n) is 8.61. The highest BCUT2D eigenvalue weighted by molar-refractivity contribution is 5.89. The van der Waals surface area contributed by atoms with Gasteiger partial charge in [-0.05, 0) is 20.8 Å². The molecule has 6 atom stereocenters. The van der Waals surface area contributed by atoms with E-state index in [4.69, 9.17) is 4.74 Å². The first-order chi connectivity index (χ1) is 6.49. The van der Waals surface area contributed by atoms with Crippen LogP contribution in [0.3, 0.4) is 0 Å². The fourth-order valence-corrected chi connectivity index (χ4v) is 3.35. The molecule has 14 heavy (non-hydrogen) atoms. The Bertz CT molecular complexity index is 348. The highest BCUT2D eigenvalue weighted by Crippen LogP contribution is 2.74. The Kier molecular flexibility index (Phi) is 1.29. The van der Waals surface area contributed by atoms with Crippen LogP contribution in [0.1, 0.15) is 20.8 Å². The summed E-state index contributed by atoms with van der Waals surface area (Å²) in [5, 5.41) is 0. The van der Waals surface area contributed by atoms with Gasteiger partial charge in [-0.3, -0.25) is 9.59 Å². The van der Waals surface area contributed by atoms with Crippen molar-refractivity contribution in [2.45, 2.75) is 33.0 Å². The Morgan fingerprint density at radius 2 is 1.93 bits per heavy atom. The van der Waals surface area contributed by atoms with Crippen molar-refractivity contribution in [1.29, 1.82) is 0 Å². The highest BCUT2D eigenvalue weighted by Gasteiger charge is 2.82. The summed E-state index contributed by atoms with van der Waals surface area (Å²) in [5.74, 6) is 1.21. The molecule has 0 aromatic carbocycles.